The second-order valence-corrected chi connectivity index (χ2v) is 7.71. The lowest BCUT2D eigenvalue weighted by Gasteiger charge is -2.26. The number of phenolic OH excluding ortho intramolecular Hbond substituents is 2. The number of thiophene rings is 1. The highest BCUT2D eigenvalue weighted by Gasteiger charge is 2.37. The molecule has 0 unspecified atom stereocenters. The summed E-state index contributed by atoms with van der Waals surface area (Å²) in [5, 5.41) is 32.7. The third-order valence-electron chi connectivity index (χ3n) is 5.39. The van der Waals surface area contributed by atoms with Gasteiger partial charge in [0.1, 0.15) is 28.2 Å². The van der Waals surface area contributed by atoms with Crippen LogP contribution in [-0.2, 0) is 0 Å². The molecule has 3 aromatic rings. The Balaban J connectivity index is 0.00000225. The molecule has 28 heavy (non-hydrogen) atoms. The fourth-order valence-electron chi connectivity index (χ4n) is 4.11. The van der Waals surface area contributed by atoms with Gasteiger partial charge in [-0.1, -0.05) is 13.0 Å². The lowest BCUT2D eigenvalue weighted by Crippen LogP contribution is -2.35. The molecule has 6 nitrogen and oxygen atoms in total. The van der Waals surface area contributed by atoms with E-state index in [1.165, 1.54) is 23.5 Å². The molecule has 0 spiro atoms. The lowest BCUT2D eigenvalue weighted by atomic mass is 9.89. The van der Waals surface area contributed by atoms with Gasteiger partial charge in [0, 0.05) is 29.7 Å². The number of fused-ring (bicyclic) bond motifs is 1. The maximum Gasteiger partial charge on any atom is 0.197 e. The molecule has 0 bridgehead atoms. The van der Waals surface area contributed by atoms with Gasteiger partial charge in [0.15, 0.2) is 5.43 Å². The van der Waals surface area contributed by atoms with Gasteiger partial charge in [-0.15, -0.1) is 23.7 Å². The third kappa shape index (κ3) is 3.28. The molecule has 1 aliphatic heterocycles. The first-order valence-corrected chi connectivity index (χ1v) is 9.84. The summed E-state index contributed by atoms with van der Waals surface area (Å²) >= 11 is 1.44. The van der Waals surface area contributed by atoms with Crippen molar-refractivity contribution in [3.8, 4) is 22.1 Å². The Morgan fingerprint density at radius 1 is 1.29 bits per heavy atom. The molecule has 1 saturated heterocycles. The van der Waals surface area contributed by atoms with E-state index in [2.05, 4.69) is 4.90 Å². The van der Waals surface area contributed by atoms with E-state index in [0.29, 0.717) is 11.3 Å². The van der Waals surface area contributed by atoms with Gasteiger partial charge in [-0.3, -0.25) is 9.69 Å². The Morgan fingerprint density at radius 2 is 2.07 bits per heavy atom. The monoisotopic (exact) mass is 423 g/mol. The zero-order valence-corrected chi connectivity index (χ0v) is 16.9. The first kappa shape index (κ1) is 20.7. The van der Waals surface area contributed by atoms with Crippen LogP contribution in [0.2, 0.25) is 0 Å². The molecule has 0 radical (unpaired) electrons. The first-order valence-electron chi connectivity index (χ1n) is 8.96. The Kier molecular flexibility index (Phi) is 6.00. The zero-order chi connectivity index (χ0) is 19.1. The average molecular weight is 424 g/mol. The summed E-state index contributed by atoms with van der Waals surface area (Å²) in [5.74, 6) is -0.212. The number of nitrogens with zero attached hydrogens (tertiary/aromatic N) is 1. The molecular formula is C20H22ClNO5S. The van der Waals surface area contributed by atoms with Crippen LogP contribution in [0.4, 0.5) is 0 Å². The minimum Gasteiger partial charge on any atom is -0.507 e. The maximum atomic E-state index is 12.7. The number of halogens is 1. The smallest absolute Gasteiger partial charge is 0.197 e. The molecule has 1 aromatic carbocycles. The quantitative estimate of drug-likeness (QED) is 0.594. The topological polar surface area (TPSA) is 94.1 Å². The average Bonchev–Trinajstić information content (AvgIpc) is 3.30. The highest BCUT2D eigenvalue weighted by Crippen LogP contribution is 2.44. The zero-order valence-electron chi connectivity index (χ0n) is 15.3. The molecule has 0 aliphatic carbocycles. The molecule has 3 N–H and O–H groups in total. The maximum absolute atomic E-state index is 12.7. The highest BCUT2D eigenvalue weighted by molar-refractivity contribution is 7.13. The fourth-order valence-corrected chi connectivity index (χ4v) is 4.79. The van der Waals surface area contributed by atoms with Gasteiger partial charge < -0.3 is 19.7 Å². The number of benzene rings is 1. The molecule has 0 saturated carbocycles. The van der Waals surface area contributed by atoms with Gasteiger partial charge >= 0.3 is 0 Å². The van der Waals surface area contributed by atoms with Crippen LogP contribution in [0.3, 0.4) is 0 Å². The van der Waals surface area contributed by atoms with Crippen molar-refractivity contribution >= 4 is 34.7 Å². The van der Waals surface area contributed by atoms with Crippen LogP contribution < -0.4 is 5.43 Å². The van der Waals surface area contributed by atoms with Crippen molar-refractivity contribution in [2.75, 3.05) is 19.7 Å². The van der Waals surface area contributed by atoms with Gasteiger partial charge in [0.25, 0.3) is 0 Å². The molecular weight excluding hydrogens is 402 g/mol. The number of likely N-dealkylation sites (N-methyl/N-ethyl adjacent to an activating group) is 1. The Morgan fingerprint density at radius 3 is 2.71 bits per heavy atom. The van der Waals surface area contributed by atoms with Crippen molar-refractivity contribution in [1.29, 1.82) is 0 Å². The van der Waals surface area contributed by atoms with Crippen molar-refractivity contribution in [3.05, 3.63) is 45.4 Å². The van der Waals surface area contributed by atoms with E-state index in [0.717, 1.165) is 24.4 Å². The summed E-state index contributed by atoms with van der Waals surface area (Å²) in [6.45, 7) is 3.52. The molecule has 1 aliphatic rings. The summed E-state index contributed by atoms with van der Waals surface area (Å²) in [4.78, 5) is 15.6. The van der Waals surface area contributed by atoms with E-state index in [1.54, 1.807) is 0 Å². The summed E-state index contributed by atoms with van der Waals surface area (Å²) in [7, 11) is 0. The lowest BCUT2D eigenvalue weighted by molar-refractivity contribution is 0.155. The molecule has 3 heterocycles. The van der Waals surface area contributed by atoms with Gasteiger partial charge in [0.05, 0.1) is 11.5 Å². The van der Waals surface area contributed by atoms with E-state index < -0.39 is 0 Å². The van der Waals surface area contributed by atoms with Crippen LogP contribution in [0, 0.1) is 0 Å². The summed E-state index contributed by atoms with van der Waals surface area (Å²) in [5.41, 5.74) is 0.322. The van der Waals surface area contributed by atoms with Crippen LogP contribution in [0.15, 0.2) is 38.9 Å². The van der Waals surface area contributed by atoms with Crippen LogP contribution in [-0.4, -0.2) is 46.0 Å². The fraction of sp³-hybridized carbons (Fsp3) is 0.350. The summed E-state index contributed by atoms with van der Waals surface area (Å²) < 4.78 is 6.04. The minimum absolute atomic E-state index is 0. The van der Waals surface area contributed by atoms with Crippen LogP contribution in [0.1, 0.15) is 24.8 Å². The van der Waals surface area contributed by atoms with Crippen molar-refractivity contribution < 1.29 is 19.7 Å². The van der Waals surface area contributed by atoms with Gasteiger partial charge in [-0.05, 0) is 31.0 Å². The van der Waals surface area contributed by atoms with E-state index in [-0.39, 0.29) is 58.9 Å². The van der Waals surface area contributed by atoms with Gasteiger partial charge in [-0.25, -0.2) is 0 Å². The van der Waals surface area contributed by atoms with Crippen LogP contribution in [0.25, 0.3) is 21.6 Å². The van der Waals surface area contributed by atoms with Gasteiger partial charge in [0.2, 0.25) is 0 Å². The number of phenols is 2. The van der Waals surface area contributed by atoms with Crippen molar-refractivity contribution in [2.24, 2.45) is 0 Å². The number of hydrogen-bond acceptors (Lipinski definition) is 7. The van der Waals surface area contributed by atoms with Crippen LogP contribution >= 0.6 is 23.7 Å². The number of hydrogen-bond donors (Lipinski definition) is 3. The van der Waals surface area contributed by atoms with Gasteiger partial charge in [-0.2, -0.15) is 0 Å². The Labute approximate surface area is 172 Å². The van der Waals surface area contributed by atoms with E-state index >= 15 is 0 Å². The second kappa shape index (κ2) is 8.13. The largest absolute Gasteiger partial charge is 0.507 e. The van der Waals surface area contributed by atoms with E-state index in [9.17, 15) is 20.1 Å². The highest BCUT2D eigenvalue weighted by atomic mass is 35.5. The van der Waals surface area contributed by atoms with E-state index in [4.69, 9.17) is 4.42 Å². The normalized spacial score (nSPS) is 19.8. The number of aromatic hydroxyl groups is 2. The standard InChI is InChI=1S/C20H21NO5S.ClH/c1-2-21-6-5-11(12(21)10-22)18-13(23)8-14(24)19-15(25)9-16(26-20(18)19)17-4-3-7-27-17;/h3-4,7-9,11-12,22-24H,2,5-6,10H2,1H3;1H/t11-,12+;/m1./s1. The first-order chi connectivity index (χ1) is 13.0. The second-order valence-electron chi connectivity index (χ2n) is 6.76. The number of likely N-dealkylation sites (tertiary alicyclic amines) is 1. The predicted octanol–water partition coefficient (Wildman–Crippen LogP) is 3.52. The van der Waals surface area contributed by atoms with Crippen LogP contribution in [0.5, 0.6) is 11.5 Å². The molecule has 150 valence electrons. The third-order valence-corrected chi connectivity index (χ3v) is 6.27. The van der Waals surface area contributed by atoms with Crippen molar-refractivity contribution in [2.45, 2.75) is 25.3 Å². The molecule has 4 rings (SSSR count). The predicted molar refractivity (Wildman–Crippen MR) is 112 cm³/mol. The molecule has 1 fully saturated rings. The minimum atomic E-state index is -0.357. The van der Waals surface area contributed by atoms with E-state index in [1.807, 2.05) is 24.4 Å². The Hall–Kier alpha value is -2.06. The molecule has 2 atom stereocenters. The van der Waals surface area contributed by atoms with Crippen molar-refractivity contribution in [1.82, 2.24) is 4.90 Å². The molecule has 0 amide bonds. The molecule has 2 aromatic heterocycles. The number of aliphatic hydroxyl groups is 1. The summed E-state index contributed by atoms with van der Waals surface area (Å²) in [6.07, 6.45) is 0.722. The molecule has 8 heteroatoms. The van der Waals surface area contributed by atoms with Crippen molar-refractivity contribution in [3.63, 3.8) is 0 Å². The summed E-state index contributed by atoms with van der Waals surface area (Å²) in [6, 6.07) is 6.10. The number of aliphatic hydroxyl groups excluding tert-OH is 1. The number of rotatable bonds is 4. The Bertz CT molecular complexity index is 1030. The SMILES string of the molecule is CCN1CC[C@@H](c2c(O)cc(O)c3c(=O)cc(-c4cccs4)oc23)[C@@H]1CO.Cl.